The molecular weight excluding hydrogens is 298 g/mol. The third-order valence-corrected chi connectivity index (χ3v) is 2.97. The summed E-state index contributed by atoms with van der Waals surface area (Å²) in [6.07, 6.45) is 1.63. The largest absolute Gasteiger partial charge is 0.361 e. The zero-order chi connectivity index (χ0) is 13.3. The third kappa shape index (κ3) is 2.43. The molecule has 0 atom stereocenters. The molecule has 1 amide bonds. The molecule has 0 aliphatic heterocycles. The van der Waals surface area contributed by atoms with E-state index in [2.05, 4.69) is 31.4 Å². The van der Waals surface area contributed by atoms with Gasteiger partial charge >= 0.3 is 0 Å². The maximum atomic E-state index is 12.1. The van der Waals surface area contributed by atoms with Gasteiger partial charge in [-0.3, -0.25) is 4.79 Å². The number of nitrogens with zero attached hydrogens (tertiary/aromatic N) is 2. The van der Waals surface area contributed by atoms with E-state index in [-0.39, 0.29) is 5.91 Å². The summed E-state index contributed by atoms with van der Waals surface area (Å²) in [5.74, 6) is 0.770. The molecule has 1 N–H and O–H groups in total. The molecule has 18 heavy (non-hydrogen) atoms. The van der Waals surface area contributed by atoms with Crippen LogP contribution in [-0.4, -0.2) is 16.0 Å². The van der Waals surface area contributed by atoms with E-state index >= 15 is 0 Å². The minimum Gasteiger partial charge on any atom is -0.361 e. The lowest BCUT2D eigenvalue weighted by atomic mass is 10.2. The van der Waals surface area contributed by atoms with Gasteiger partial charge in [-0.2, -0.15) is 0 Å². The van der Waals surface area contributed by atoms with Crippen molar-refractivity contribution >= 4 is 27.7 Å². The van der Waals surface area contributed by atoms with Crippen molar-refractivity contribution in [2.24, 2.45) is 0 Å². The van der Waals surface area contributed by atoms with Gasteiger partial charge in [0, 0.05) is 10.7 Å². The molecule has 0 fully saturated rings. The molecule has 0 saturated carbocycles. The highest BCUT2D eigenvalue weighted by Crippen LogP contribution is 2.19. The summed E-state index contributed by atoms with van der Waals surface area (Å²) in [5, 5.41) is 6.50. The van der Waals surface area contributed by atoms with Crippen molar-refractivity contribution in [2.45, 2.75) is 20.8 Å². The highest BCUT2D eigenvalue weighted by atomic mass is 79.9. The minimum atomic E-state index is -0.260. The van der Waals surface area contributed by atoms with Crippen LogP contribution in [0.25, 0.3) is 0 Å². The average molecular weight is 310 g/mol. The number of hydrogen-bond acceptors (Lipinski definition) is 4. The van der Waals surface area contributed by atoms with Gasteiger partial charge in [-0.1, -0.05) is 5.16 Å². The van der Waals surface area contributed by atoms with E-state index in [1.165, 1.54) is 0 Å². The normalized spacial score (nSPS) is 10.4. The van der Waals surface area contributed by atoms with Crippen molar-refractivity contribution in [1.29, 1.82) is 0 Å². The summed E-state index contributed by atoms with van der Waals surface area (Å²) < 4.78 is 5.84. The fourth-order valence-corrected chi connectivity index (χ4v) is 2.09. The molecule has 6 heteroatoms. The second-order valence-electron chi connectivity index (χ2n) is 3.97. The highest BCUT2D eigenvalue weighted by molar-refractivity contribution is 9.10. The summed E-state index contributed by atoms with van der Waals surface area (Å²) in [4.78, 5) is 16.2. The van der Waals surface area contributed by atoms with E-state index in [1.54, 1.807) is 20.0 Å². The first-order valence-corrected chi connectivity index (χ1v) is 6.14. The lowest BCUT2D eigenvalue weighted by molar-refractivity contribution is 0.102. The predicted molar refractivity (Wildman–Crippen MR) is 70.6 cm³/mol. The number of pyridine rings is 1. The van der Waals surface area contributed by atoms with Crippen molar-refractivity contribution in [3.8, 4) is 0 Å². The molecule has 0 unspecified atom stereocenters. The van der Waals surface area contributed by atoms with Gasteiger partial charge < -0.3 is 9.84 Å². The monoisotopic (exact) mass is 309 g/mol. The van der Waals surface area contributed by atoms with Crippen LogP contribution in [0.1, 0.15) is 27.4 Å². The topological polar surface area (TPSA) is 68.0 Å². The second-order valence-corrected chi connectivity index (χ2v) is 4.89. The van der Waals surface area contributed by atoms with E-state index in [1.807, 2.05) is 13.0 Å². The summed E-state index contributed by atoms with van der Waals surface area (Å²) in [6.45, 7) is 5.31. The molecule has 5 nitrogen and oxygen atoms in total. The number of hydrogen-bond donors (Lipinski definition) is 1. The fourth-order valence-electron chi connectivity index (χ4n) is 1.65. The van der Waals surface area contributed by atoms with E-state index in [4.69, 9.17) is 4.52 Å². The van der Waals surface area contributed by atoms with Crippen molar-refractivity contribution in [1.82, 2.24) is 10.1 Å². The molecule has 2 aromatic rings. The quantitative estimate of drug-likeness (QED) is 0.926. The van der Waals surface area contributed by atoms with E-state index in [0.717, 1.165) is 10.0 Å². The molecule has 94 valence electrons. The second kappa shape index (κ2) is 4.89. The number of rotatable bonds is 2. The van der Waals surface area contributed by atoms with E-state index in [0.29, 0.717) is 22.8 Å². The number of halogens is 1. The number of amides is 1. The summed E-state index contributed by atoms with van der Waals surface area (Å²) in [5.41, 5.74) is 1.91. The molecule has 0 saturated heterocycles. The van der Waals surface area contributed by atoms with Crippen LogP contribution in [0, 0.1) is 20.8 Å². The number of aromatic nitrogens is 2. The first-order chi connectivity index (χ1) is 8.49. The Bertz CT molecular complexity index is 588. The average Bonchev–Trinajstić information content (AvgIpc) is 2.62. The molecule has 0 radical (unpaired) electrons. The van der Waals surface area contributed by atoms with Gasteiger partial charge in [-0.15, -0.1) is 0 Å². The Morgan fingerprint density at radius 1 is 1.39 bits per heavy atom. The van der Waals surface area contributed by atoms with Gasteiger partial charge in [0.15, 0.2) is 0 Å². The van der Waals surface area contributed by atoms with Crippen molar-refractivity contribution in [3.63, 3.8) is 0 Å². The van der Waals surface area contributed by atoms with Crippen molar-refractivity contribution in [2.75, 3.05) is 5.32 Å². The molecule has 0 aliphatic rings. The Morgan fingerprint density at radius 3 is 2.67 bits per heavy atom. The van der Waals surface area contributed by atoms with Gasteiger partial charge in [-0.05, 0) is 48.3 Å². The Kier molecular flexibility index (Phi) is 3.47. The first kappa shape index (κ1) is 12.8. The molecule has 0 aliphatic carbocycles. The SMILES string of the molecule is Cc1cc(Br)cnc1NC(=O)c1c(C)noc1C. The zero-order valence-corrected chi connectivity index (χ0v) is 11.8. The Morgan fingerprint density at radius 2 is 2.11 bits per heavy atom. The molecule has 0 bridgehead atoms. The summed E-state index contributed by atoms with van der Waals surface area (Å²) >= 11 is 3.32. The van der Waals surface area contributed by atoms with E-state index in [9.17, 15) is 4.79 Å². The number of anilines is 1. The summed E-state index contributed by atoms with van der Waals surface area (Å²) in [6, 6.07) is 1.88. The Balaban J connectivity index is 2.27. The van der Waals surface area contributed by atoms with Gasteiger partial charge in [-0.25, -0.2) is 4.98 Å². The first-order valence-electron chi connectivity index (χ1n) is 5.35. The van der Waals surface area contributed by atoms with Crippen LogP contribution < -0.4 is 5.32 Å². The molecule has 2 aromatic heterocycles. The van der Waals surface area contributed by atoms with Crippen molar-refractivity contribution in [3.05, 3.63) is 39.3 Å². The fraction of sp³-hybridized carbons (Fsp3) is 0.250. The van der Waals surface area contributed by atoms with Crippen LogP contribution in [0.2, 0.25) is 0 Å². The standard InChI is InChI=1S/C12H12BrN3O2/c1-6-4-9(13)5-14-11(6)15-12(17)10-7(2)16-18-8(10)3/h4-5H,1-3H3,(H,14,15,17). The van der Waals surface area contributed by atoms with Gasteiger partial charge in [0.25, 0.3) is 5.91 Å². The predicted octanol–water partition coefficient (Wildman–Crippen LogP) is 3.01. The van der Waals surface area contributed by atoms with Crippen LogP contribution in [0.4, 0.5) is 5.82 Å². The lowest BCUT2D eigenvalue weighted by Gasteiger charge is -2.07. The molecule has 2 heterocycles. The maximum absolute atomic E-state index is 12.1. The Hall–Kier alpha value is -1.69. The molecule has 0 aromatic carbocycles. The van der Waals surface area contributed by atoms with Crippen LogP contribution in [0.15, 0.2) is 21.3 Å². The van der Waals surface area contributed by atoms with E-state index < -0.39 is 0 Å². The van der Waals surface area contributed by atoms with Crippen LogP contribution in [0.3, 0.4) is 0 Å². The number of carbonyl (C=O) groups is 1. The van der Waals surface area contributed by atoms with Crippen LogP contribution in [0.5, 0.6) is 0 Å². The third-order valence-electron chi connectivity index (χ3n) is 2.54. The zero-order valence-electron chi connectivity index (χ0n) is 10.2. The minimum absolute atomic E-state index is 0.260. The smallest absolute Gasteiger partial charge is 0.262 e. The lowest BCUT2D eigenvalue weighted by Crippen LogP contribution is -2.15. The molecule has 2 rings (SSSR count). The number of carbonyl (C=O) groups excluding carboxylic acids is 1. The highest BCUT2D eigenvalue weighted by Gasteiger charge is 2.18. The van der Waals surface area contributed by atoms with Crippen molar-refractivity contribution < 1.29 is 9.32 Å². The van der Waals surface area contributed by atoms with Gasteiger partial charge in [0.2, 0.25) is 0 Å². The van der Waals surface area contributed by atoms with Gasteiger partial charge in [0.1, 0.15) is 17.1 Å². The molecular formula is C12H12BrN3O2. The number of nitrogens with one attached hydrogen (secondary N) is 1. The van der Waals surface area contributed by atoms with Crippen LogP contribution in [-0.2, 0) is 0 Å². The number of aryl methyl sites for hydroxylation is 3. The Labute approximate surface area is 113 Å². The van der Waals surface area contributed by atoms with Crippen LogP contribution >= 0.6 is 15.9 Å². The maximum Gasteiger partial charge on any atom is 0.262 e. The molecule has 0 spiro atoms. The summed E-state index contributed by atoms with van der Waals surface area (Å²) in [7, 11) is 0. The van der Waals surface area contributed by atoms with Gasteiger partial charge in [0.05, 0.1) is 5.69 Å².